The van der Waals surface area contributed by atoms with Gasteiger partial charge in [0.2, 0.25) is 0 Å². The van der Waals surface area contributed by atoms with Gasteiger partial charge < -0.3 is 23.7 Å². The van der Waals surface area contributed by atoms with E-state index in [-0.39, 0.29) is 11.5 Å². The van der Waals surface area contributed by atoms with Crippen LogP contribution in [-0.2, 0) is 19.8 Å². The molecule has 0 unspecified atom stereocenters. The summed E-state index contributed by atoms with van der Waals surface area (Å²) in [5.74, 6) is -0.384. The standard InChI is InChI=1S/C38H34O8/c1-36(2,3)45-34(40)42-29-21-19-23-13-7-9-15-25(23)31(29)38(28-18-12-11-17-27(28)33(39)44-38)32-26-16-10-8-14-24(26)20-22-30(32)43-35(41)46-37(4,5)6/h7-22H,1-6H3. The van der Waals surface area contributed by atoms with Crippen molar-refractivity contribution in [2.24, 2.45) is 0 Å². The van der Waals surface area contributed by atoms with Crippen LogP contribution in [0.1, 0.15) is 68.6 Å². The number of hydrogen-bond acceptors (Lipinski definition) is 8. The molecule has 0 aromatic heterocycles. The first-order chi connectivity index (χ1) is 21.8. The molecule has 5 aromatic carbocycles. The molecule has 5 aromatic rings. The van der Waals surface area contributed by atoms with Gasteiger partial charge in [-0.25, -0.2) is 14.4 Å². The van der Waals surface area contributed by atoms with E-state index in [1.807, 2.05) is 60.7 Å². The zero-order valence-electron chi connectivity index (χ0n) is 26.5. The van der Waals surface area contributed by atoms with Crippen molar-refractivity contribution in [3.63, 3.8) is 0 Å². The molecule has 0 bridgehead atoms. The van der Waals surface area contributed by atoms with Crippen molar-refractivity contribution in [2.45, 2.75) is 58.3 Å². The van der Waals surface area contributed by atoms with Crippen molar-refractivity contribution in [3.8, 4) is 11.5 Å². The molecule has 0 saturated heterocycles. The Labute approximate surface area is 266 Å². The fraction of sp³-hybridized carbons (Fsp3) is 0.237. The largest absolute Gasteiger partial charge is 0.514 e. The van der Waals surface area contributed by atoms with Gasteiger partial charge in [-0.3, -0.25) is 0 Å². The van der Waals surface area contributed by atoms with Crippen LogP contribution in [0.5, 0.6) is 11.5 Å². The lowest BCUT2D eigenvalue weighted by Gasteiger charge is -2.34. The van der Waals surface area contributed by atoms with Crippen LogP contribution in [0, 0.1) is 0 Å². The molecule has 0 aliphatic carbocycles. The molecule has 0 atom stereocenters. The van der Waals surface area contributed by atoms with Crippen LogP contribution in [0.3, 0.4) is 0 Å². The van der Waals surface area contributed by atoms with Gasteiger partial charge in [0, 0.05) is 5.56 Å². The molecule has 234 valence electrons. The molecule has 1 aliphatic rings. The summed E-state index contributed by atoms with van der Waals surface area (Å²) in [4.78, 5) is 40.3. The van der Waals surface area contributed by atoms with Crippen molar-refractivity contribution >= 4 is 39.8 Å². The Hall–Kier alpha value is -5.37. The highest BCUT2D eigenvalue weighted by molar-refractivity contribution is 6.02. The highest BCUT2D eigenvalue weighted by Gasteiger charge is 2.53. The third-order valence-electron chi connectivity index (χ3n) is 7.42. The minimum Gasteiger partial charge on any atom is -0.440 e. The quantitative estimate of drug-likeness (QED) is 0.112. The van der Waals surface area contributed by atoms with Crippen LogP contribution in [0.4, 0.5) is 9.59 Å². The van der Waals surface area contributed by atoms with Gasteiger partial charge in [0.05, 0.1) is 16.7 Å². The monoisotopic (exact) mass is 618 g/mol. The second-order valence-electron chi connectivity index (χ2n) is 13.1. The topological polar surface area (TPSA) is 97.4 Å². The molecule has 8 heteroatoms. The molecule has 0 spiro atoms. The fourth-order valence-electron chi connectivity index (χ4n) is 5.83. The average molecular weight is 619 g/mol. The SMILES string of the molecule is CC(C)(C)OC(=O)Oc1ccc2ccccc2c1C1(c2c(OC(=O)OC(C)(C)C)ccc3ccccc23)OC(=O)c2ccccc21. The summed E-state index contributed by atoms with van der Waals surface area (Å²) in [6.45, 7) is 10.4. The van der Waals surface area contributed by atoms with E-state index in [1.54, 1.807) is 77.9 Å². The van der Waals surface area contributed by atoms with Crippen LogP contribution in [-0.4, -0.2) is 29.5 Å². The second kappa shape index (κ2) is 11.2. The van der Waals surface area contributed by atoms with Crippen LogP contribution >= 0.6 is 0 Å². The Bertz CT molecular complexity index is 1900. The fourth-order valence-corrected chi connectivity index (χ4v) is 5.83. The number of fused-ring (bicyclic) bond motifs is 3. The molecule has 1 heterocycles. The maximum atomic E-state index is 13.9. The first-order valence-corrected chi connectivity index (χ1v) is 15.0. The van der Waals surface area contributed by atoms with Crippen molar-refractivity contribution in [1.82, 2.24) is 0 Å². The lowest BCUT2D eigenvalue weighted by atomic mass is 9.75. The smallest absolute Gasteiger partial charge is 0.440 e. The third-order valence-corrected chi connectivity index (χ3v) is 7.42. The van der Waals surface area contributed by atoms with Gasteiger partial charge in [-0.15, -0.1) is 0 Å². The molecule has 0 N–H and O–H groups in total. The maximum Gasteiger partial charge on any atom is 0.514 e. The molecule has 1 aliphatic heterocycles. The van der Waals surface area contributed by atoms with E-state index < -0.39 is 35.1 Å². The molecule has 8 nitrogen and oxygen atoms in total. The summed E-state index contributed by atoms with van der Waals surface area (Å²) in [6.07, 6.45) is -1.86. The minimum absolute atomic E-state index is 0.105. The number of ether oxygens (including phenoxy) is 5. The van der Waals surface area contributed by atoms with Gasteiger partial charge in [-0.1, -0.05) is 78.9 Å². The molecule has 46 heavy (non-hydrogen) atoms. The van der Waals surface area contributed by atoms with E-state index in [0.29, 0.717) is 33.0 Å². The molecule has 0 saturated carbocycles. The van der Waals surface area contributed by atoms with Gasteiger partial charge in [-0.2, -0.15) is 0 Å². The molecule has 0 radical (unpaired) electrons. The van der Waals surface area contributed by atoms with Gasteiger partial charge in [0.15, 0.2) is 5.60 Å². The predicted octanol–water partition coefficient (Wildman–Crippen LogP) is 9.08. The number of cyclic esters (lactones) is 1. The maximum absolute atomic E-state index is 13.9. The summed E-state index contributed by atoms with van der Waals surface area (Å²) in [5, 5.41) is 2.88. The Balaban J connectivity index is 1.74. The number of hydrogen-bond donors (Lipinski definition) is 0. The molecular formula is C38H34O8. The number of esters is 1. The Morgan fingerprint density at radius 3 is 1.50 bits per heavy atom. The van der Waals surface area contributed by atoms with Gasteiger partial charge in [-0.05, 0) is 81.3 Å². The number of carbonyl (C=O) groups is 3. The van der Waals surface area contributed by atoms with E-state index >= 15 is 0 Å². The molecular weight excluding hydrogens is 584 g/mol. The van der Waals surface area contributed by atoms with Crippen LogP contribution < -0.4 is 9.47 Å². The van der Waals surface area contributed by atoms with E-state index in [4.69, 9.17) is 23.7 Å². The normalized spacial score (nSPS) is 14.0. The van der Waals surface area contributed by atoms with E-state index in [2.05, 4.69) is 0 Å². The number of rotatable bonds is 4. The van der Waals surface area contributed by atoms with Crippen molar-refractivity contribution in [1.29, 1.82) is 0 Å². The highest BCUT2D eigenvalue weighted by atomic mass is 16.7. The molecule has 0 amide bonds. The van der Waals surface area contributed by atoms with Crippen molar-refractivity contribution in [3.05, 3.63) is 119 Å². The third kappa shape index (κ3) is 5.62. The van der Waals surface area contributed by atoms with E-state index in [1.165, 1.54) is 0 Å². The highest BCUT2D eigenvalue weighted by Crippen LogP contribution is 2.56. The van der Waals surface area contributed by atoms with Gasteiger partial charge in [0.25, 0.3) is 0 Å². The minimum atomic E-state index is -1.76. The average Bonchev–Trinajstić information content (AvgIpc) is 3.27. The van der Waals surface area contributed by atoms with Crippen molar-refractivity contribution in [2.75, 3.05) is 0 Å². The summed E-state index contributed by atoms with van der Waals surface area (Å²) < 4.78 is 29.5. The van der Waals surface area contributed by atoms with Crippen LogP contribution in [0.25, 0.3) is 21.5 Å². The zero-order valence-corrected chi connectivity index (χ0v) is 26.5. The number of benzene rings is 5. The van der Waals surface area contributed by atoms with E-state index in [9.17, 15) is 14.4 Å². The van der Waals surface area contributed by atoms with Gasteiger partial charge in [0.1, 0.15) is 22.7 Å². The lowest BCUT2D eigenvalue weighted by molar-refractivity contribution is 0.0160. The Morgan fingerprint density at radius 1 is 0.587 bits per heavy atom. The zero-order chi connectivity index (χ0) is 32.9. The number of carbonyl (C=O) groups excluding carboxylic acids is 3. The summed E-state index contributed by atoms with van der Waals surface area (Å²) in [7, 11) is 0. The van der Waals surface area contributed by atoms with Gasteiger partial charge >= 0.3 is 18.3 Å². The van der Waals surface area contributed by atoms with E-state index in [0.717, 1.165) is 10.8 Å². The van der Waals surface area contributed by atoms with Crippen molar-refractivity contribution < 1.29 is 38.1 Å². The van der Waals surface area contributed by atoms with Crippen LogP contribution in [0.15, 0.2) is 97.1 Å². The molecule has 6 rings (SSSR count). The first kappa shape index (κ1) is 30.6. The summed E-state index contributed by atoms with van der Waals surface area (Å²) in [6, 6.07) is 29.0. The lowest BCUT2D eigenvalue weighted by Crippen LogP contribution is -2.33. The Kier molecular flexibility index (Phi) is 7.47. The van der Waals surface area contributed by atoms with Crippen LogP contribution in [0.2, 0.25) is 0 Å². The summed E-state index contributed by atoms with van der Waals surface area (Å²) >= 11 is 0. The summed E-state index contributed by atoms with van der Waals surface area (Å²) in [5.41, 5.74) is -1.90. The second-order valence-corrected chi connectivity index (χ2v) is 13.1. The first-order valence-electron chi connectivity index (χ1n) is 15.0. The Morgan fingerprint density at radius 2 is 1.02 bits per heavy atom. The molecule has 0 fully saturated rings. The predicted molar refractivity (Wildman–Crippen MR) is 173 cm³/mol.